The average molecular weight is 1150 g/mol. The van der Waals surface area contributed by atoms with Crippen LogP contribution in [0.15, 0.2) is 122 Å². The molecule has 0 aromatic heterocycles. The summed E-state index contributed by atoms with van der Waals surface area (Å²) in [6.07, 6.45) is 98.1. The van der Waals surface area contributed by atoms with Crippen molar-refractivity contribution in [2.75, 3.05) is 13.2 Å². The topological polar surface area (TPSA) is 78.9 Å². The van der Waals surface area contributed by atoms with Crippen LogP contribution in [0.1, 0.15) is 329 Å². The maximum Gasteiger partial charge on any atom is 0.306 e. The number of rotatable bonds is 63. The van der Waals surface area contributed by atoms with Gasteiger partial charge < -0.3 is 14.2 Å². The predicted molar refractivity (Wildman–Crippen MR) is 362 cm³/mol. The second-order valence-electron chi connectivity index (χ2n) is 23.0. The van der Waals surface area contributed by atoms with Crippen LogP contribution in [0.5, 0.6) is 0 Å². The summed E-state index contributed by atoms with van der Waals surface area (Å²) in [6, 6.07) is 0. The van der Waals surface area contributed by atoms with E-state index in [0.29, 0.717) is 19.3 Å². The van der Waals surface area contributed by atoms with Gasteiger partial charge in [0.15, 0.2) is 6.10 Å². The van der Waals surface area contributed by atoms with E-state index in [9.17, 15) is 14.4 Å². The molecule has 1 atom stereocenters. The fourth-order valence-electron chi connectivity index (χ4n) is 9.76. The molecular formula is C77H130O6. The molecule has 0 aromatic rings. The molecule has 0 amide bonds. The zero-order valence-corrected chi connectivity index (χ0v) is 54.4. The lowest BCUT2D eigenvalue weighted by atomic mass is 10.0. The van der Waals surface area contributed by atoms with Crippen LogP contribution in [0.3, 0.4) is 0 Å². The predicted octanol–water partition coefficient (Wildman–Crippen LogP) is 24.3. The lowest BCUT2D eigenvalue weighted by Gasteiger charge is -2.18. The van der Waals surface area contributed by atoms with E-state index in [1.807, 2.05) is 0 Å². The summed E-state index contributed by atoms with van der Waals surface area (Å²) in [5.74, 6) is -0.968. The summed E-state index contributed by atoms with van der Waals surface area (Å²) < 4.78 is 16.9. The van der Waals surface area contributed by atoms with E-state index >= 15 is 0 Å². The molecule has 474 valence electrons. The SMILES string of the molecule is CC/C=C\C/C=C\C/C=C\C/C=C\C/C=C\CCCC(=O)OCC(COC(=O)CCCCCCCCCCCCCCCCCCC/C=C\CCCCCCCCCC)OC(=O)CCCCCCCC/C=C\C/C=C\C/C=C\C/C=C\CC. The van der Waals surface area contributed by atoms with Crippen molar-refractivity contribution in [1.82, 2.24) is 0 Å². The smallest absolute Gasteiger partial charge is 0.306 e. The first kappa shape index (κ1) is 78.8. The summed E-state index contributed by atoms with van der Waals surface area (Å²) in [5.41, 5.74) is 0. The van der Waals surface area contributed by atoms with Crippen molar-refractivity contribution >= 4 is 17.9 Å². The maximum atomic E-state index is 12.9. The number of carbonyl (C=O) groups is 3. The Morgan fingerprint density at radius 1 is 0.253 bits per heavy atom. The number of esters is 3. The highest BCUT2D eigenvalue weighted by Crippen LogP contribution is 2.17. The Morgan fingerprint density at radius 2 is 0.482 bits per heavy atom. The summed E-state index contributed by atoms with van der Waals surface area (Å²) in [6.45, 7) is 6.38. The second kappa shape index (κ2) is 70.3. The molecule has 0 spiro atoms. The molecule has 1 unspecified atom stereocenters. The highest BCUT2D eigenvalue weighted by atomic mass is 16.6. The summed E-state index contributed by atoms with van der Waals surface area (Å²) in [7, 11) is 0. The van der Waals surface area contributed by atoms with Gasteiger partial charge in [-0.1, -0.05) is 309 Å². The van der Waals surface area contributed by atoms with Crippen molar-refractivity contribution in [2.24, 2.45) is 0 Å². The Hall–Kier alpha value is -4.19. The molecule has 0 saturated heterocycles. The van der Waals surface area contributed by atoms with E-state index in [1.165, 1.54) is 167 Å². The van der Waals surface area contributed by atoms with Crippen molar-refractivity contribution < 1.29 is 28.6 Å². The van der Waals surface area contributed by atoms with Gasteiger partial charge >= 0.3 is 17.9 Å². The molecule has 0 aliphatic rings. The van der Waals surface area contributed by atoms with Crippen LogP contribution in [-0.2, 0) is 28.6 Å². The van der Waals surface area contributed by atoms with Crippen LogP contribution in [0.4, 0.5) is 0 Å². The van der Waals surface area contributed by atoms with Gasteiger partial charge in [-0.05, 0) is 122 Å². The number of hydrogen-bond donors (Lipinski definition) is 0. The van der Waals surface area contributed by atoms with Gasteiger partial charge in [0, 0.05) is 19.3 Å². The lowest BCUT2D eigenvalue weighted by Crippen LogP contribution is -2.30. The Bertz CT molecular complexity index is 1700. The number of carbonyl (C=O) groups excluding carboxylic acids is 3. The molecule has 0 aliphatic heterocycles. The van der Waals surface area contributed by atoms with Crippen molar-refractivity contribution in [2.45, 2.75) is 335 Å². The van der Waals surface area contributed by atoms with Crippen molar-refractivity contribution in [3.8, 4) is 0 Å². The Kier molecular flexibility index (Phi) is 66.7. The van der Waals surface area contributed by atoms with E-state index in [-0.39, 0.29) is 37.5 Å². The third-order valence-electron chi connectivity index (χ3n) is 14.9. The number of unbranched alkanes of at least 4 members (excludes halogenated alkanes) is 32. The molecule has 6 nitrogen and oxygen atoms in total. The fraction of sp³-hybridized carbons (Fsp3) is 0.701. The van der Waals surface area contributed by atoms with Crippen LogP contribution in [-0.4, -0.2) is 37.2 Å². The van der Waals surface area contributed by atoms with E-state index < -0.39 is 6.10 Å². The minimum atomic E-state index is -0.813. The summed E-state index contributed by atoms with van der Waals surface area (Å²) >= 11 is 0. The van der Waals surface area contributed by atoms with Crippen LogP contribution in [0, 0.1) is 0 Å². The van der Waals surface area contributed by atoms with Gasteiger partial charge in [0.2, 0.25) is 0 Å². The zero-order valence-electron chi connectivity index (χ0n) is 54.4. The van der Waals surface area contributed by atoms with Gasteiger partial charge in [-0.3, -0.25) is 14.4 Å². The van der Waals surface area contributed by atoms with Crippen LogP contribution < -0.4 is 0 Å². The van der Waals surface area contributed by atoms with Crippen molar-refractivity contribution in [1.29, 1.82) is 0 Å². The average Bonchev–Trinajstić information content (AvgIpc) is 3.50. The van der Waals surface area contributed by atoms with Crippen LogP contribution in [0.2, 0.25) is 0 Å². The molecule has 0 aliphatic carbocycles. The molecular weight excluding hydrogens is 1020 g/mol. The second-order valence-corrected chi connectivity index (χ2v) is 23.0. The van der Waals surface area contributed by atoms with Gasteiger partial charge in [-0.25, -0.2) is 0 Å². The molecule has 0 rings (SSSR count). The molecule has 0 N–H and O–H groups in total. The van der Waals surface area contributed by atoms with Crippen LogP contribution in [0.25, 0.3) is 0 Å². The summed E-state index contributed by atoms with van der Waals surface area (Å²) in [4.78, 5) is 38.4. The zero-order chi connectivity index (χ0) is 59.9. The van der Waals surface area contributed by atoms with E-state index in [4.69, 9.17) is 14.2 Å². The van der Waals surface area contributed by atoms with Gasteiger partial charge in [0.25, 0.3) is 0 Å². The number of hydrogen-bond acceptors (Lipinski definition) is 6. The largest absolute Gasteiger partial charge is 0.462 e. The first-order valence-electron chi connectivity index (χ1n) is 35.0. The van der Waals surface area contributed by atoms with Gasteiger partial charge in [-0.15, -0.1) is 0 Å². The minimum absolute atomic E-state index is 0.102. The van der Waals surface area contributed by atoms with Crippen LogP contribution >= 0.6 is 0 Å². The number of ether oxygens (including phenoxy) is 3. The van der Waals surface area contributed by atoms with Gasteiger partial charge in [0.1, 0.15) is 13.2 Å². The van der Waals surface area contributed by atoms with E-state index in [0.717, 1.165) is 116 Å². The lowest BCUT2D eigenvalue weighted by molar-refractivity contribution is -0.167. The molecule has 0 fully saturated rings. The quantitative estimate of drug-likeness (QED) is 0.0261. The molecule has 0 heterocycles. The third-order valence-corrected chi connectivity index (χ3v) is 14.9. The normalized spacial score (nSPS) is 12.9. The monoisotopic (exact) mass is 1150 g/mol. The maximum absolute atomic E-state index is 12.9. The Morgan fingerprint density at radius 3 is 0.795 bits per heavy atom. The first-order chi connectivity index (χ1) is 41.0. The number of allylic oxidation sites excluding steroid dienone is 20. The molecule has 83 heavy (non-hydrogen) atoms. The Balaban J connectivity index is 4.35. The molecule has 0 aromatic carbocycles. The van der Waals surface area contributed by atoms with Crippen molar-refractivity contribution in [3.63, 3.8) is 0 Å². The highest BCUT2D eigenvalue weighted by Gasteiger charge is 2.19. The molecule has 0 bridgehead atoms. The van der Waals surface area contributed by atoms with Crippen molar-refractivity contribution in [3.05, 3.63) is 122 Å². The standard InChI is InChI=1S/C77H130O6/c1-4-7-10-13-16-19-22-25-28-31-33-34-35-36-37-38-39-40-41-42-44-46-49-52-55-58-61-64-67-70-76(79)82-73-74(72-81-75(78)69-66-63-60-57-54-51-48-45-30-27-24-21-18-15-12-9-6-3)83-77(80)71-68-65-62-59-56-53-50-47-43-32-29-26-23-20-17-14-11-8-5-2/h8-9,11-12,17-18,20-21,26-27,29-31,33,43,47-48,51,57,60,74H,4-7,10,13-16,19,22-25,28,32,34-42,44-46,49-50,52-56,58-59,61-73H2,1-3H3/b11-8-,12-9-,20-17-,21-18-,29-26-,30-27-,33-31-,47-43-,51-48-,60-57-. The fourth-order valence-corrected chi connectivity index (χ4v) is 9.76. The third kappa shape index (κ3) is 68.5. The minimum Gasteiger partial charge on any atom is -0.462 e. The molecule has 0 saturated carbocycles. The Labute approximate surface area is 513 Å². The van der Waals surface area contributed by atoms with E-state index in [1.54, 1.807) is 0 Å². The first-order valence-corrected chi connectivity index (χ1v) is 35.0. The van der Waals surface area contributed by atoms with Gasteiger partial charge in [-0.2, -0.15) is 0 Å². The molecule has 6 heteroatoms. The van der Waals surface area contributed by atoms with Gasteiger partial charge in [0.05, 0.1) is 0 Å². The molecule has 0 radical (unpaired) electrons. The summed E-state index contributed by atoms with van der Waals surface area (Å²) in [5, 5.41) is 0. The van der Waals surface area contributed by atoms with E-state index in [2.05, 4.69) is 142 Å². The highest BCUT2D eigenvalue weighted by molar-refractivity contribution is 5.71.